The smallest absolute Gasteiger partial charge is 0.254 e. The normalized spacial score (nSPS) is 11.2. The molecule has 3 rings (SSSR count). The Balaban J connectivity index is 1.92. The van der Waals surface area contributed by atoms with Crippen LogP contribution >= 0.6 is 23.4 Å². The van der Waals surface area contributed by atoms with Gasteiger partial charge in [-0.2, -0.15) is 16.9 Å². The highest BCUT2D eigenvalue weighted by molar-refractivity contribution is 7.98. The number of carbonyl (C=O) groups is 1. The maximum atomic E-state index is 12.6. The second-order valence-electron chi connectivity index (χ2n) is 6.62. The molecule has 0 fully saturated rings. The average Bonchev–Trinajstić information content (AvgIpc) is 3.07. The molecule has 0 aliphatic heterocycles. The van der Waals surface area contributed by atoms with E-state index >= 15 is 0 Å². The molecule has 1 amide bonds. The summed E-state index contributed by atoms with van der Waals surface area (Å²) in [6.07, 6.45) is 9.55. The summed E-state index contributed by atoms with van der Waals surface area (Å²) >= 11 is 7.74. The first-order valence-corrected chi connectivity index (χ1v) is 10.8. The zero-order valence-electron chi connectivity index (χ0n) is 16.1. The predicted octanol–water partition coefficient (Wildman–Crippen LogP) is 3.75. The standard InChI is InChI=1S/C19H23ClN6OS/c1-12(2)25-17-7-16(14-10-24-26-11-13(20)8-23-18(14)26)22-9-15(17)19(27)21-5-4-6-28-3/h7-12H,4-6H2,1-3H3,(H,21,27)(H,22,25). The summed E-state index contributed by atoms with van der Waals surface area (Å²) < 4.78 is 1.61. The van der Waals surface area contributed by atoms with Gasteiger partial charge in [-0.1, -0.05) is 11.6 Å². The van der Waals surface area contributed by atoms with Gasteiger partial charge in [0.25, 0.3) is 5.91 Å². The van der Waals surface area contributed by atoms with Gasteiger partial charge in [-0.3, -0.25) is 9.78 Å². The summed E-state index contributed by atoms with van der Waals surface area (Å²) in [5.41, 5.74) is 3.37. The first kappa shape index (κ1) is 20.4. The molecule has 0 aromatic carbocycles. The second-order valence-corrected chi connectivity index (χ2v) is 8.04. The van der Waals surface area contributed by atoms with Crippen molar-refractivity contribution in [2.45, 2.75) is 26.3 Å². The molecule has 3 heterocycles. The quantitative estimate of drug-likeness (QED) is 0.542. The van der Waals surface area contributed by atoms with Gasteiger partial charge in [0.15, 0.2) is 5.65 Å². The van der Waals surface area contributed by atoms with Crippen LogP contribution < -0.4 is 10.6 Å². The number of aromatic nitrogens is 4. The fourth-order valence-electron chi connectivity index (χ4n) is 2.76. The molecule has 28 heavy (non-hydrogen) atoms. The van der Waals surface area contributed by atoms with Crippen LogP contribution in [0.25, 0.3) is 16.9 Å². The predicted molar refractivity (Wildman–Crippen MR) is 115 cm³/mol. The van der Waals surface area contributed by atoms with Gasteiger partial charge >= 0.3 is 0 Å². The van der Waals surface area contributed by atoms with Crippen molar-refractivity contribution in [1.82, 2.24) is 24.9 Å². The first-order chi connectivity index (χ1) is 13.5. The van der Waals surface area contributed by atoms with Gasteiger partial charge in [-0.25, -0.2) is 9.50 Å². The molecule has 0 saturated heterocycles. The van der Waals surface area contributed by atoms with Crippen LogP contribution in [0.15, 0.2) is 30.9 Å². The van der Waals surface area contributed by atoms with Crippen LogP contribution in [-0.2, 0) is 0 Å². The number of halogens is 1. The molecular formula is C19H23ClN6OS. The Morgan fingerprint density at radius 2 is 2.11 bits per heavy atom. The Morgan fingerprint density at radius 3 is 2.86 bits per heavy atom. The number of thioether (sulfide) groups is 1. The van der Waals surface area contributed by atoms with Crippen LogP contribution in [0.5, 0.6) is 0 Å². The van der Waals surface area contributed by atoms with E-state index in [-0.39, 0.29) is 11.9 Å². The summed E-state index contributed by atoms with van der Waals surface area (Å²) in [6.45, 7) is 4.69. The molecule has 0 unspecified atom stereocenters. The van der Waals surface area contributed by atoms with Gasteiger partial charge in [0, 0.05) is 25.0 Å². The molecule has 0 radical (unpaired) electrons. The van der Waals surface area contributed by atoms with E-state index in [9.17, 15) is 4.79 Å². The van der Waals surface area contributed by atoms with E-state index in [1.807, 2.05) is 19.9 Å². The zero-order chi connectivity index (χ0) is 20.1. The van der Waals surface area contributed by atoms with Crippen LogP contribution in [0.1, 0.15) is 30.6 Å². The number of amides is 1. The molecule has 148 valence electrons. The van der Waals surface area contributed by atoms with Crippen molar-refractivity contribution in [2.24, 2.45) is 0 Å². The molecule has 9 heteroatoms. The third-order valence-electron chi connectivity index (χ3n) is 4.00. The maximum Gasteiger partial charge on any atom is 0.254 e. The van der Waals surface area contributed by atoms with Crippen molar-refractivity contribution in [2.75, 3.05) is 23.9 Å². The number of anilines is 1. The zero-order valence-corrected chi connectivity index (χ0v) is 17.6. The summed E-state index contributed by atoms with van der Waals surface area (Å²) in [7, 11) is 0. The number of hydrogen-bond acceptors (Lipinski definition) is 6. The maximum absolute atomic E-state index is 12.6. The monoisotopic (exact) mass is 418 g/mol. The van der Waals surface area contributed by atoms with E-state index < -0.39 is 0 Å². The number of rotatable bonds is 8. The molecule has 0 aliphatic carbocycles. The van der Waals surface area contributed by atoms with Crippen LogP contribution in [0.3, 0.4) is 0 Å². The Kier molecular flexibility index (Phi) is 6.74. The fourth-order valence-corrected chi connectivity index (χ4v) is 3.33. The van der Waals surface area contributed by atoms with Gasteiger partial charge in [-0.05, 0) is 38.3 Å². The highest BCUT2D eigenvalue weighted by atomic mass is 35.5. The van der Waals surface area contributed by atoms with Crippen molar-refractivity contribution < 1.29 is 4.79 Å². The average molecular weight is 419 g/mol. The lowest BCUT2D eigenvalue weighted by molar-refractivity contribution is 0.0954. The van der Waals surface area contributed by atoms with Crippen molar-refractivity contribution in [3.63, 3.8) is 0 Å². The molecule has 0 saturated carbocycles. The summed E-state index contributed by atoms with van der Waals surface area (Å²) in [5, 5.41) is 11.1. The minimum absolute atomic E-state index is 0.131. The topological polar surface area (TPSA) is 84.2 Å². The van der Waals surface area contributed by atoms with Gasteiger partial charge in [-0.15, -0.1) is 0 Å². The molecule has 3 aromatic heterocycles. The molecule has 2 N–H and O–H groups in total. The Bertz CT molecular complexity index is 974. The largest absolute Gasteiger partial charge is 0.382 e. The van der Waals surface area contributed by atoms with Crippen LogP contribution in [0.2, 0.25) is 5.02 Å². The number of carbonyl (C=O) groups excluding carboxylic acids is 1. The Hall–Kier alpha value is -2.32. The Labute approximate surface area is 173 Å². The number of pyridine rings is 1. The molecule has 7 nitrogen and oxygen atoms in total. The second kappa shape index (κ2) is 9.25. The van der Waals surface area contributed by atoms with E-state index in [1.165, 1.54) is 0 Å². The molecule has 3 aromatic rings. The van der Waals surface area contributed by atoms with Crippen molar-refractivity contribution in [3.05, 3.63) is 41.4 Å². The van der Waals surface area contributed by atoms with E-state index in [0.717, 1.165) is 23.4 Å². The fraction of sp³-hybridized carbons (Fsp3) is 0.368. The van der Waals surface area contributed by atoms with Gasteiger partial charge in [0.2, 0.25) is 0 Å². The molecule has 0 aliphatic rings. The molecule has 0 atom stereocenters. The lowest BCUT2D eigenvalue weighted by Gasteiger charge is -2.15. The number of fused-ring (bicyclic) bond motifs is 1. The molecular weight excluding hydrogens is 396 g/mol. The van der Waals surface area contributed by atoms with Gasteiger partial charge in [0.05, 0.1) is 39.9 Å². The van der Waals surface area contributed by atoms with Crippen molar-refractivity contribution >= 4 is 40.6 Å². The number of nitrogens with one attached hydrogen (secondary N) is 2. The van der Waals surface area contributed by atoms with Crippen LogP contribution in [-0.4, -0.2) is 50.1 Å². The summed E-state index contributed by atoms with van der Waals surface area (Å²) in [6, 6.07) is 2.03. The first-order valence-electron chi connectivity index (χ1n) is 9.02. The van der Waals surface area contributed by atoms with Gasteiger partial charge in [0.1, 0.15) is 0 Å². The SMILES string of the molecule is CSCCCNC(=O)c1cnc(-c2cnn3cc(Cl)cnc23)cc1NC(C)C. The lowest BCUT2D eigenvalue weighted by atomic mass is 10.1. The summed E-state index contributed by atoms with van der Waals surface area (Å²) in [4.78, 5) is 21.5. The highest BCUT2D eigenvalue weighted by Crippen LogP contribution is 2.27. The third kappa shape index (κ3) is 4.74. The van der Waals surface area contributed by atoms with Gasteiger partial charge < -0.3 is 10.6 Å². The Morgan fingerprint density at radius 1 is 1.29 bits per heavy atom. The van der Waals surface area contributed by atoms with Crippen molar-refractivity contribution in [1.29, 1.82) is 0 Å². The van der Waals surface area contributed by atoms with E-state index in [1.54, 1.807) is 41.1 Å². The minimum Gasteiger partial charge on any atom is -0.382 e. The number of hydrogen-bond donors (Lipinski definition) is 2. The van der Waals surface area contributed by atoms with Crippen molar-refractivity contribution in [3.8, 4) is 11.3 Å². The number of nitrogens with zero attached hydrogens (tertiary/aromatic N) is 4. The van der Waals surface area contributed by atoms with Crippen LogP contribution in [0.4, 0.5) is 5.69 Å². The van der Waals surface area contributed by atoms with E-state index in [2.05, 4.69) is 32.0 Å². The van der Waals surface area contributed by atoms with E-state index in [4.69, 9.17) is 11.6 Å². The summed E-state index contributed by atoms with van der Waals surface area (Å²) in [5.74, 6) is 0.883. The molecule has 0 bridgehead atoms. The molecule has 0 spiro atoms. The van der Waals surface area contributed by atoms with Crippen LogP contribution in [0, 0.1) is 0 Å². The van der Waals surface area contributed by atoms with E-state index in [0.29, 0.717) is 28.5 Å². The third-order valence-corrected chi connectivity index (χ3v) is 4.90. The minimum atomic E-state index is -0.131. The lowest BCUT2D eigenvalue weighted by Crippen LogP contribution is -2.26. The highest BCUT2D eigenvalue weighted by Gasteiger charge is 2.17.